The van der Waals surface area contributed by atoms with Gasteiger partial charge in [-0.25, -0.2) is 0 Å². The van der Waals surface area contributed by atoms with E-state index in [4.69, 9.17) is 4.74 Å². The van der Waals surface area contributed by atoms with Crippen LogP contribution >= 0.6 is 0 Å². The van der Waals surface area contributed by atoms with Gasteiger partial charge in [0, 0.05) is 6.54 Å². The lowest BCUT2D eigenvalue weighted by atomic mass is 9.91. The Morgan fingerprint density at radius 3 is 1.56 bits per heavy atom. The van der Waals surface area contributed by atoms with Crippen molar-refractivity contribution in [2.24, 2.45) is 0 Å². The van der Waals surface area contributed by atoms with Crippen molar-refractivity contribution in [3.05, 3.63) is 108 Å². The molecule has 0 bridgehead atoms. The number of rotatable bonds is 7. The monoisotopic (exact) mass is 359 g/mol. The molecule has 0 amide bonds. The van der Waals surface area contributed by atoms with Crippen LogP contribution in [-0.2, 0) is 9.53 Å². The van der Waals surface area contributed by atoms with Crippen LogP contribution in [0.25, 0.3) is 0 Å². The first kappa shape index (κ1) is 18.9. The van der Waals surface area contributed by atoms with Crippen LogP contribution in [-0.4, -0.2) is 31.5 Å². The molecule has 0 N–H and O–H groups in total. The second-order valence-electron chi connectivity index (χ2n) is 6.85. The third-order valence-electron chi connectivity index (χ3n) is 4.46. The maximum absolute atomic E-state index is 13.3. The number of esters is 1. The van der Waals surface area contributed by atoms with Crippen molar-refractivity contribution in [3.63, 3.8) is 0 Å². The molecule has 27 heavy (non-hydrogen) atoms. The normalized spacial score (nSPS) is 12.1. The zero-order valence-electron chi connectivity index (χ0n) is 15.8. The number of carbonyl (C=O) groups is 1. The third kappa shape index (κ3) is 5.05. The molecular weight excluding hydrogens is 334 g/mol. The van der Waals surface area contributed by atoms with Gasteiger partial charge >= 0.3 is 5.97 Å². The van der Waals surface area contributed by atoms with Crippen LogP contribution in [0.5, 0.6) is 0 Å². The van der Waals surface area contributed by atoms with E-state index in [-0.39, 0.29) is 12.1 Å². The Morgan fingerprint density at radius 2 is 1.15 bits per heavy atom. The fraction of sp³-hybridized carbons (Fsp3) is 0.208. The number of hydrogen-bond donors (Lipinski definition) is 0. The molecule has 138 valence electrons. The van der Waals surface area contributed by atoms with Gasteiger partial charge in [-0.3, -0.25) is 4.79 Å². The van der Waals surface area contributed by atoms with Crippen molar-refractivity contribution in [3.8, 4) is 0 Å². The summed E-state index contributed by atoms with van der Waals surface area (Å²) < 4.78 is 6.04. The largest absolute Gasteiger partial charge is 0.455 e. The van der Waals surface area contributed by atoms with Crippen molar-refractivity contribution in [1.82, 2.24) is 4.90 Å². The van der Waals surface area contributed by atoms with E-state index in [1.165, 1.54) is 0 Å². The molecule has 3 rings (SSSR count). The molecule has 0 heterocycles. The quantitative estimate of drug-likeness (QED) is 0.575. The zero-order valence-corrected chi connectivity index (χ0v) is 15.8. The molecule has 3 aromatic carbocycles. The van der Waals surface area contributed by atoms with E-state index in [0.29, 0.717) is 6.54 Å². The van der Waals surface area contributed by atoms with Crippen molar-refractivity contribution < 1.29 is 9.53 Å². The van der Waals surface area contributed by atoms with Crippen LogP contribution in [0.15, 0.2) is 91.0 Å². The number of likely N-dealkylation sites (N-methyl/N-ethyl adjacent to an activating group) is 1. The van der Waals surface area contributed by atoms with Crippen molar-refractivity contribution in [2.75, 3.05) is 20.6 Å². The Labute approximate surface area is 161 Å². The van der Waals surface area contributed by atoms with Crippen LogP contribution < -0.4 is 0 Å². The lowest BCUT2D eigenvalue weighted by Crippen LogP contribution is -2.27. The van der Waals surface area contributed by atoms with Crippen LogP contribution in [0.3, 0.4) is 0 Å². The van der Waals surface area contributed by atoms with Gasteiger partial charge in [0.25, 0.3) is 0 Å². The van der Waals surface area contributed by atoms with Crippen molar-refractivity contribution in [2.45, 2.75) is 12.0 Å². The Kier molecular flexibility index (Phi) is 6.39. The molecule has 0 aliphatic carbocycles. The summed E-state index contributed by atoms with van der Waals surface area (Å²) in [4.78, 5) is 15.3. The van der Waals surface area contributed by atoms with Crippen LogP contribution in [0.4, 0.5) is 0 Å². The second-order valence-corrected chi connectivity index (χ2v) is 6.85. The highest BCUT2D eigenvalue weighted by molar-refractivity contribution is 5.82. The van der Waals surface area contributed by atoms with Gasteiger partial charge in [0.05, 0.1) is 0 Å². The summed E-state index contributed by atoms with van der Waals surface area (Å²) in [5.41, 5.74) is 2.87. The van der Waals surface area contributed by atoms with E-state index in [0.717, 1.165) is 16.7 Å². The minimum absolute atomic E-state index is 0.233. The molecular formula is C24H25NO2. The summed E-state index contributed by atoms with van der Waals surface area (Å²) in [6, 6.07) is 29.5. The van der Waals surface area contributed by atoms with Gasteiger partial charge in [-0.2, -0.15) is 0 Å². The highest BCUT2D eigenvalue weighted by atomic mass is 16.5. The smallest absolute Gasteiger partial charge is 0.318 e. The predicted molar refractivity (Wildman–Crippen MR) is 109 cm³/mol. The topological polar surface area (TPSA) is 29.5 Å². The summed E-state index contributed by atoms with van der Waals surface area (Å²) in [6.45, 7) is 0.631. The first-order valence-corrected chi connectivity index (χ1v) is 9.15. The standard InChI is InChI=1S/C24H25NO2/c1-25(2)18-22(19-12-6-3-7-13-19)27-24(26)23(20-14-8-4-9-15-20)21-16-10-5-11-17-21/h3-17,22-23H,18H2,1-2H3. The lowest BCUT2D eigenvalue weighted by molar-refractivity contribution is -0.151. The van der Waals surface area contributed by atoms with E-state index in [9.17, 15) is 4.79 Å². The van der Waals surface area contributed by atoms with E-state index >= 15 is 0 Å². The lowest BCUT2D eigenvalue weighted by Gasteiger charge is -2.25. The molecule has 0 aromatic heterocycles. The minimum Gasteiger partial charge on any atom is -0.455 e. The molecule has 1 atom stereocenters. The van der Waals surface area contributed by atoms with Gasteiger partial charge in [0.2, 0.25) is 0 Å². The molecule has 0 aliphatic rings. The molecule has 0 radical (unpaired) electrons. The maximum Gasteiger partial charge on any atom is 0.318 e. The summed E-state index contributed by atoms with van der Waals surface area (Å²) >= 11 is 0. The van der Waals surface area contributed by atoms with Crippen LogP contribution in [0.2, 0.25) is 0 Å². The van der Waals surface area contributed by atoms with Crippen molar-refractivity contribution in [1.29, 1.82) is 0 Å². The van der Waals surface area contributed by atoms with Crippen LogP contribution in [0.1, 0.15) is 28.7 Å². The molecule has 3 nitrogen and oxygen atoms in total. The number of nitrogens with zero attached hydrogens (tertiary/aromatic N) is 1. The summed E-state index contributed by atoms with van der Waals surface area (Å²) in [6.07, 6.45) is -0.316. The molecule has 3 heteroatoms. The molecule has 1 unspecified atom stereocenters. The molecule has 0 saturated carbocycles. The fourth-order valence-corrected chi connectivity index (χ4v) is 3.17. The first-order chi connectivity index (χ1) is 13.1. The molecule has 0 aliphatic heterocycles. The van der Waals surface area contributed by atoms with Gasteiger partial charge in [0.1, 0.15) is 12.0 Å². The SMILES string of the molecule is CN(C)CC(OC(=O)C(c1ccccc1)c1ccccc1)c1ccccc1. The van der Waals surface area contributed by atoms with E-state index in [1.54, 1.807) is 0 Å². The summed E-state index contributed by atoms with van der Waals surface area (Å²) in [7, 11) is 3.96. The highest BCUT2D eigenvalue weighted by Crippen LogP contribution is 2.29. The number of benzene rings is 3. The van der Waals surface area contributed by atoms with Gasteiger partial charge in [0.15, 0.2) is 0 Å². The number of carbonyl (C=O) groups excluding carboxylic acids is 1. The zero-order chi connectivity index (χ0) is 19.1. The average Bonchev–Trinajstić information content (AvgIpc) is 2.70. The third-order valence-corrected chi connectivity index (χ3v) is 4.46. The Bertz CT molecular complexity index is 793. The van der Waals surface area contributed by atoms with Gasteiger partial charge in [-0.1, -0.05) is 91.0 Å². The molecule has 0 spiro atoms. The van der Waals surface area contributed by atoms with Crippen LogP contribution in [0, 0.1) is 0 Å². The van der Waals surface area contributed by atoms with E-state index < -0.39 is 5.92 Å². The molecule has 0 fully saturated rings. The maximum atomic E-state index is 13.3. The Hall–Kier alpha value is -2.91. The fourth-order valence-electron chi connectivity index (χ4n) is 3.17. The van der Waals surface area contributed by atoms with E-state index in [1.807, 2.05) is 110 Å². The van der Waals surface area contributed by atoms with Gasteiger partial charge < -0.3 is 9.64 Å². The first-order valence-electron chi connectivity index (χ1n) is 9.15. The minimum atomic E-state index is -0.444. The Morgan fingerprint density at radius 1 is 0.741 bits per heavy atom. The predicted octanol–water partition coefficient (Wildman–Crippen LogP) is 4.66. The van der Waals surface area contributed by atoms with E-state index in [2.05, 4.69) is 0 Å². The molecule has 3 aromatic rings. The second kappa shape index (κ2) is 9.15. The highest BCUT2D eigenvalue weighted by Gasteiger charge is 2.27. The summed E-state index contributed by atoms with van der Waals surface area (Å²) in [5, 5.41) is 0. The Balaban J connectivity index is 1.91. The van der Waals surface area contributed by atoms with Gasteiger partial charge in [-0.15, -0.1) is 0 Å². The van der Waals surface area contributed by atoms with Crippen molar-refractivity contribution >= 4 is 5.97 Å². The summed E-state index contributed by atoms with van der Waals surface area (Å²) in [5.74, 6) is -0.677. The molecule has 0 saturated heterocycles. The van der Waals surface area contributed by atoms with Gasteiger partial charge in [-0.05, 0) is 30.8 Å². The number of hydrogen-bond acceptors (Lipinski definition) is 3. The average molecular weight is 359 g/mol. The number of ether oxygens (including phenoxy) is 1.